The maximum absolute atomic E-state index is 5.31. The van der Waals surface area contributed by atoms with E-state index in [1.165, 1.54) is 24.8 Å². The quantitative estimate of drug-likeness (QED) is 0.562. The van der Waals surface area contributed by atoms with Crippen molar-refractivity contribution in [3.63, 3.8) is 0 Å². The first-order valence-electron chi connectivity index (χ1n) is 7.57. The van der Waals surface area contributed by atoms with Gasteiger partial charge in [0.1, 0.15) is 5.75 Å². The van der Waals surface area contributed by atoms with Gasteiger partial charge in [-0.1, -0.05) is 55.9 Å². The van der Waals surface area contributed by atoms with Crippen LogP contribution < -0.4 is 4.74 Å². The minimum Gasteiger partial charge on any atom is -0.495 e. The van der Waals surface area contributed by atoms with E-state index in [9.17, 15) is 0 Å². The van der Waals surface area contributed by atoms with E-state index >= 15 is 0 Å². The Hall–Kier alpha value is -2.20. The number of aryl methyl sites for hydroxylation is 1. The second kappa shape index (κ2) is 8.17. The first-order valence-corrected chi connectivity index (χ1v) is 7.57. The van der Waals surface area contributed by atoms with E-state index in [1.807, 2.05) is 24.3 Å². The molecule has 0 aliphatic heterocycles. The molecule has 0 amide bonds. The molecule has 0 spiro atoms. The molecular formula is C20H22O. The van der Waals surface area contributed by atoms with Crippen molar-refractivity contribution in [1.29, 1.82) is 0 Å². The van der Waals surface area contributed by atoms with Crippen molar-refractivity contribution in [2.24, 2.45) is 0 Å². The molecule has 1 nitrogen and oxygen atoms in total. The van der Waals surface area contributed by atoms with Crippen molar-refractivity contribution in [1.82, 2.24) is 0 Å². The van der Waals surface area contributed by atoms with Crippen LogP contribution >= 0.6 is 0 Å². The van der Waals surface area contributed by atoms with Crippen LogP contribution in [0.4, 0.5) is 0 Å². The number of para-hydroxylation sites is 1. The van der Waals surface area contributed by atoms with E-state index in [0.29, 0.717) is 0 Å². The molecule has 21 heavy (non-hydrogen) atoms. The molecule has 0 fully saturated rings. The zero-order valence-electron chi connectivity index (χ0n) is 12.9. The molecule has 0 aliphatic carbocycles. The molecule has 0 bridgehead atoms. The maximum Gasteiger partial charge on any atom is 0.134 e. The third kappa shape index (κ3) is 4.68. The Morgan fingerprint density at radius 2 is 1.67 bits per heavy atom. The highest BCUT2D eigenvalue weighted by molar-refractivity contribution is 5.49. The zero-order valence-corrected chi connectivity index (χ0v) is 12.9. The molecular weight excluding hydrogens is 256 g/mol. The predicted molar refractivity (Wildman–Crippen MR) is 88.6 cm³/mol. The number of methoxy groups -OCH3 is 1. The Morgan fingerprint density at radius 3 is 2.38 bits per heavy atom. The normalized spacial score (nSPS) is 9.81. The number of hydrogen-bond donors (Lipinski definition) is 0. The Balaban J connectivity index is 2.05. The van der Waals surface area contributed by atoms with E-state index in [2.05, 4.69) is 43.0 Å². The van der Waals surface area contributed by atoms with Crippen molar-refractivity contribution in [3.8, 4) is 17.6 Å². The van der Waals surface area contributed by atoms with E-state index in [4.69, 9.17) is 4.74 Å². The van der Waals surface area contributed by atoms with Gasteiger partial charge in [-0.05, 0) is 42.7 Å². The second-order valence-corrected chi connectivity index (χ2v) is 5.10. The van der Waals surface area contributed by atoms with Crippen LogP contribution in [-0.4, -0.2) is 7.11 Å². The van der Waals surface area contributed by atoms with Crippen LogP contribution in [0.2, 0.25) is 0 Å². The summed E-state index contributed by atoms with van der Waals surface area (Å²) in [4.78, 5) is 0. The van der Waals surface area contributed by atoms with Gasteiger partial charge in [-0.3, -0.25) is 0 Å². The molecule has 2 aromatic carbocycles. The molecule has 0 atom stereocenters. The summed E-state index contributed by atoms with van der Waals surface area (Å²) < 4.78 is 5.31. The second-order valence-electron chi connectivity index (χ2n) is 5.10. The van der Waals surface area contributed by atoms with Crippen molar-refractivity contribution in [3.05, 3.63) is 65.2 Å². The fraction of sp³-hybridized carbons (Fsp3) is 0.300. The third-order valence-corrected chi connectivity index (χ3v) is 3.47. The summed E-state index contributed by atoms with van der Waals surface area (Å²) in [6, 6.07) is 16.4. The number of ether oxygens (including phenoxy) is 1. The fourth-order valence-corrected chi connectivity index (χ4v) is 2.22. The summed E-state index contributed by atoms with van der Waals surface area (Å²) in [5, 5.41) is 0. The van der Waals surface area contributed by atoms with Gasteiger partial charge in [0.15, 0.2) is 0 Å². The average molecular weight is 278 g/mol. The van der Waals surface area contributed by atoms with E-state index in [0.717, 1.165) is 23.3 Å². The maximum atomic E-state index is 5.31. The molecule has 0 radical (unpaired) electrons. The molecule has 2 aromatic rings. The lowest BCUT2D eigenvalue weighted by atomic mass is 10.1. The third-order valence-electron chi connectivity index (χ3n) is 3.47. The fourth-order valence-electron chi connectivity index (χ4n) is 2.22. The van der Waals surface area contributed by atoms with Gasteiger partial charge in [-0.15, -0.1) is 0 Å². The first kappa shape index (κ1) is 15.2. The highest BCUT2D eigenvalue weighted by Gasteiger charge is 1.97. The van der Waals surface area contributed by atoms with Crippen LogP contribution in [-0.2, 0) is 6.42 Å². The molecule has 0 N–H and O–H groups in total. The lowest BCUT2D eigenvalue weighted by Gasteiger charge is -2.02. The topological polar surface area (TPSA) is 9.23 Å². The Morgan fingerprint density at radius 1 is 0.905 bits per heavy atom. The van der Waals surface area contributed by atoms with Crippen LogP contribution in [0.1, 0.15) is 42.9 Å². The van der Waals surface area contributed by atoms with Gasteiger partial charge in [-0.2, -0.15) is 0 Å². The van der Waals surface area contributed by atoms with Crippen LogP contribution in [0.5, 0.6) is 5.75 Å². The van der Waals surface area contributed by atoms with Crippen molar-refractivity contribution < 1.29 is 4.74 Å². The van der Waals surface area contributed by atoms with Gasteiger partial charge in [0.2, 0.25) is 0 Å². The Kier molecular flexibility index (Phi) is 5.91. The summed E-state index contributed by atoms with van der Waals surface area (Å²) >= 11 is 0. The molecule has 108 valence electrons. The Labute approximate surface area is 128 Å². The van der Waals surface area contributed by atoms with Crippen molar-refractivity contribution >= 4 is 0 Å². The summed E-state index contributed by atoms with van der Waals surface area (Å²) in [6.07, 6.45) is 4.99. The van der Waals surface area contributed by atoms with Gasteiger partial charge in [0.25, 0.3) is 0 Å². The highest BCUT2D eigenvalue weighted by Crippen LogP contribution is 2.16. The number of hydrogen-bond acceptors (Lipinski definition) is 1. The first-order chi connectivity index (χ1) is 10.3. The van der Waals surface area contributed by atoms with E-state index in [-0.39, 0.29) is 0 Å². The van der Waals surface area contributed by atoms with Crippen molar-refractivity contribution in [2.75, 3.05) is 7.11 Å². The monoisotopic (exact) mass is 278 g/mol. The highest BCUT2D eigenvalue weighted by atomic mass is 16.5. The lowest BCUT2D eigenvalue weighted by Crippen LogP contribution is -1.87. The summed E-state index contributed by atoms with van der Waals surface area (Å²) in [6.45, 7) is 2.23. The zero-order chi connectivity index (χ0) is 14.9. The minimum absolute atomic E-state index is 0.821. The molecule has 0 heterocycles. The van der Waals surface area contributed by atoms with Crippen LogP contribution in [0, 0.1) is 11.8 Å². The van der Waals surface area contributed by atoms with Gasteiger partial charge >= 0.3 is 0 Å². The van der Waals surface area contributed by atoms with E-state index < -0.39 is 0 Å². The average Bonchev–Trinajstić information content (AvgIpc) is 2.54. The minimum atomic E-state index is 0.821. The SMILES string of the molecule is CCCCCc1ccc(C#Cc2ccccc2OC)cc1. The number of benzene rings is 2. The van der Waals surface area contributed by atoms with Crippen LogP contribution in [0.3, 0.4) is 0 Å². The van der Waals surface area contributed by atoms with Crippen molar-refractivity contribution in [2.45, 2.75) is 32.6 Å². The summed E-state index contributed by atoms with van der Waals surface area (Å²) in [5.74, 6) is 7.20. The van der Waals surface area contributed by atoms with Gasteiger partial charge < -0.3 is 4.74 Å². The molecule has 0 saturated heterocycles. The molecule has 1 heteroatoms. The smallest absolute Gasteiger partial charge is 0.134 e. The van der Waals surface area contributed by atoms with E-state index in [1.54, 1.807) is 7.11 Å². The van der Waals surface area contributed by atoms with Gasteiger partial charge in [-0.25, -0.2) is 0 Å². The van der Waals surface area contributed by atoms with Gasteiger partial charge in [0, 0.05) is 5.56 Å². The standard InChI is InChI=1S/C20H22O/c1-3-4-5-8-17-11-13-18(14-12-17)15-16-19-9-6-7-10-20(19)21-2/h6-7,9-14H,3-5,8H2,1-2H3. The number of rotatable bonds is 5. The predicted octanol–water partition coefficient (Wildman–Crippen LogP) is 4.83. The number of unbranched alkanes of at least 4 members (excludes halogenated alkanes) is 2. The lowest BCUT2D eigenvalue weighted by molar-refractivity contribution is 0.413. The molecule has 0 unspecified atom stereocenters. The summed E-state index contributed by atoms with van der Waals surface area (Å²) in [5.41, 5.74) is 3.36. The summed E-state index contributed by atoms with van der Waals surface area (Å²) in [7, 11) is 1.67. The molecule has 0 aliphatic rings. The Bertz CT molecular complexity index is 614. The molecule has 0 aromatic heterocycles. The largest absolute Gasteiger partial charge is 0.495 e. The van der Waals surface area contributed by atoms with Crippen LogP contribution in [0.15, 0.2) is 48.5 Å². The molecule has 0 saturated carbocycles. The van der Waals surface area contributed by atoms with Crippen LogP contribution in [0.25, 0.3) is 0 Å². The molecule has 2 rings (SSSR count). The van der Waals surface area contributed by atoms with Gasteiger partial charge in [0.05, 0.1) is 12.7 Å².